The second-order valence-corrected chi connectivity index (χ2v) is 8.87. The highest BCUT2D eigenvalue weighted by Gasteiger charge is 2.16. The molecule has 2 N–H and O–H groups in total. The summed E-state index contributed by atoms with van der Waals surface area (Å²) in [6.07, 6.45) is 1.48. The van der Waals surface area contributed by atoms with Crippen molar-refractivity contribution >= 4 is 61.5 Å². The van der Waals surface area contributed by atoms with E-state index in [1.54, 1.807) is 36.4 Å². The molecule has 0 bridgehead atoms. The van der Waals surface area contributed by atoms with Gasteiger partial charge in [-0.05, 0) is 60.2 Å². The Bertz CT molecular complexity index is 1690. The average molecular weight is 552 g/mol. The highest BCUT2D eigenvalue weighted by molar-refractivity contribution is 9.10. The minimum atomic E-state index is -0.611. The maximum absolute atomic E-state index is 13.4. The Morgan fingerprint density at radius 2 is 2.00 bits per heavy atom. The lowest BCUT2D eigenvalue weighted by atomic mass is 10.2. The van der Waals surface area contributed by atoms with Crippen LogP contribution in [0.4, 0.5) is 0 Å². The van der Waals surface area contributed by atoms with Gasteiger partial charge in [-0.2, -0.15) is 9.78 Å². The summed E-state index contributed by atoms with van der Waals surface area (Å²) in [5.41, 5.74) is 6.53. The Kier molecular flexibility index (Phi) is 6.10. The summed E-state index contributed by atoms with van der Waals surface area (Å²) in [6.45, 7) is -0.289. The molecule has 0 saturated heterocycles. The van der Waals surface area contributed by atoms with E-state index in [4.69, 9.17) is 26.5 Å². The van der Waals surface area contributed by atoms with Crippen LogP contribution in [0.3, 0.4) is 0 Å². The second-order valence-electron chi connectivity index (χ2n) is 7.55. The predicted octanol–water partition coefficient (Wildman–Crippen LogP) is 4.97. The Balaban J connectivity index is 1.60. The molecule has 0 saturated carbocycles. The zero-order valence-corrected chi connectivity index (χ0v) is 20.3. The normalized spacial score (nSPS) is 11.5. The molecule has 0 aliphatic heterocycles. The van der Waals surface area contributed by atoms with Gasteiger partial charge in [0.15, 0.2) is 12.4 Å². The fourth-order valence-corrected chi connectivity index (χ4v) is 4.12. The first-order valence-corrected chi connectivity index (χ1v) is 11.5. The van der Waals surface area contributed by atoms with Crippen LogP contribution < -0.4 is 16.0 Å². The number of fused-ring (bicyclic) bond motifs is 2. The SMILES string of the molecule is NC(=O)COc1ccc(C=Nn2c(-c3cc4cc(Br)ccc4o3)nc3ccccc3c2=O)cc1Cl. The largest absolute Gasteiger partial charge is 0.482 e. The molecule has 2 heterocycles. The van der Waals surface area contributed by atoms with E-state index in [2.05, 4.69) is 26.0 Å². The summed E-state index contributed by atoms with van der Waals surface area (Å²) in [4.78, 5) is 29.0. The van der Waals surface area contributed by atoms with Crippen LogP contribution in [0.1, 0.15) is 5.56 Å². The third kappa shape index (κ3) is 4.68. The van der Waals surface area contributed by atoms with E-state index in [0.717, 1.165) is 9.86 Å². The molecule has 0 radical (unpaired) electrons. The van der Waals surface area contributed by atoms with Gasteiger partial charge in [-0.1, -0.05) is 39.7 Å². The van der Waals surface area contributed by atoms with Crippen molar-refractivity contribution in [3.05, 3.63) is 92.1 Å². The van der Waals surface area contributed by atoms with Gasteiger partial charge in [-0.25, -0.2) is 4.98 Å². The minimum absolute atomic E-state index is 0.254. The van der Waals surface area contributed by atoms with E-state index >= 15 is 0 Å². The van der Waals surface area contributed by atoms with Crippen molar-refractivity contribution in [1.29, 1.82) is 0 Å². The number of hydrogen-bond acceptors (Lipinski definition) is 6. The highest BCUT2D eigenvalue weighted by Crippen LogP contribution is 2.29. The monoisotopic (exact) mass is 550 g/mol. The average Bonchev–Trinajstić information content (AvgIpc) is 3.25. The number of primary amides is 1. The van der Waals surface area contributed by atoms with Crippen LogP contribution in [-0.4, -0.2) is 28.4 Å². The van der Waals surface area contributed by atoms with Crippen molar-refractivity contribution in [3.63, 3.8) is 0 Å². The first kappa shape index (κ1) is 22.8. The van der Waals surface area contributed by atoms with E-state index in [1.807, 2.05) is 30.3 Å². The molecule has 5 rings (SSSR count). The fraction of sp³-hybridized carbons (Fsp3) is 0.0400. The number of ether oxygens (including phenoxy) is 1. The summed E-state index contributed by atoms with van der Waals surface area (Å²) in [7, 11) is 0. The van der Waals surface area contributed by atoms with Gasteiger partial charge in [0.05, 0.1) is 22.1 Å². The van der Waals surface area contributed by atoms with Crippen LogP contribution in [0, 0.1) is 0 Å². The summed E-state index contributed by atoms with van der Waals surface area (Å²) >= 11 is 9.71. The lowest BCUT2D eigenvalue weighted by Crippen LogP contribution is -2.20. The Morgan fingerprint density at radius 1 is 1.17 bits per heavy atom. The maximum atomic E-state index is 13.4. The summed E-state index contributed by atoms with van der Waals surface area (Å²) in [5.74, 6) is 0.345. The van der Waals surface area contributed by atoms with E-state index in [1.165, 1.54) is 10.9 Å². The molecule has 2 aromatic heterocycles. The number of amides is 1. The van der Waals surface area contributed by atoms with Crippen molar-refractivity contribution in [2.75, 3.05) is 6.61 Å². The Labute approximate surface area is 211 Å². The number of carbonyl (C=O) groups is 1. The number of hydrogen-bond donors (Lipinski definition) is 1. The summed E-state index contributed by atoms with van der Waals surface area (Å²) in [6, 6.07) is 19.3. The number of aromatic nitrogens is 2. The molecular weight excluding hydrogens is 536 g/mol. The number of benzene rings is 3. The molecule has 3 aromatic carbocycles. The van der Waals surface area contributed by atoms with E-state index < -0.39 is 5.91 Å². The molecule has 5 aromatic rings. The number of furan rings is 1. The summed E-state index contributed by atoms with van der Waals surface area (Å²) < 4.78 is 13.4. The van der Waals surface area contributed by atoms with Crippen LogP contribution in [0.5, 0.6) is 5.75 Å². The van der Waals surface area contributed by atoms with Gasteiger partial charge < -0.3 is 14.9 Å². The zero-order chi connectivity index (χ0) is 24.5. The number of rotatable bonds is 6. The molecule has 0 fully saturated rings. The van der Waals surface area contributed by atoms with E-state index in [9.17, 15) is 9.59 Å². The smallest absolute Gasteiger partial charge is 0.282 e. The Morgan fingerprint density at radius 3 is 2.80 bits per heavy atom. The molecule has 1 amide bonds. The molecular formula is C25H16BrClN4O4. The number of nitrogens with zero attached hydrogens (tertiary/aromatic N) is 3. The van der Waals surface area contributed by atoms with Gasteiger partial charge in [0.2, 0.25) is 5.82 Å². The number of carbonyl (C=O) groups excluding carboxylic acids is 1. The van der Waals surface area contributed by atoms with E-state index in [0.29, 0.717) is 33.6 Å². The van der Waals surface area contributed by atoms with Gasteiger partial charge in [0, 0.05) is 9.86 Å². The van der Waals surface area contributed by atoms with Crippen molar-refractivity contribution in [3.8, 4) is 17.3 Å². The van der Waals surface area contributed by atoms with Crippen molar-refractivity contribution in [2.45, 2.75) is 0 Å². The zero-order valence-electron chi connectivity index (χ0n) is 17.9. The maximum Gasteiger partial charge on any atom is 0.282 e. The Hall–Kier alpha value is -3.95. The van der Waals surface area contributed by atoms with Crippen LogP contribution in [0.15, 0.2) is 85.5 Å². The molecule has 35 heavy (non-hydrogen) atoms. The van der Waals surface area contributed by atoms with Crippen LogP contribution in [-0.2, 0) is 4.79 Å². The quantitative estimate of drug-likeness (QED) is 0.299. The van der Waals surface area contributed by atoms with Gasteiger partial charge in [0.25, 0.3) is 11.5 Å². The van der Waals surface area contributed by atoms with Crippen molar-refractivity contribution in [1.82, 2.24) is 9.66 Å². The van der Waals surface area contributed by atoms with Gasteiger partial charge in [-0.3, -0.25) is 9.59 Å². The second kappa shape index (κ2) is 9.36. The first-order chi connectivity index (χ1) is 16.9. The standard InChI is InChI=1S/C25H16BrClN4O4/c26-16-6-8-20-15(10-16)11-22(35-20)24-30-19-4-2-1-3-17(19)25(33)31(24)29-12-14-5-7-21(18(27)9-14)34-13-23(28)32/h1-12H,13H2,(H2,28,32). The van der Waals surface area contributed by atoms with Crippen molar-refractivity contribution in [2.24, 2.45) is 10.8 Å². The molecule has 0 unspecified atom stereocenters. The third-order valence-corrected chi connectivity index (χ3v) is 5.89. The van der Waals surface area contributed by atoms with Crippen LogP contribution >= 0.6 is 27.5 Å². The molecule has 0 spiro atoms. The van der Waals surface area contributed by atoms with Gasteiger partial charge >= 0.3 is 0 Å². The van der Waals surface area contributed by atoms with E-state index in [-0.39, 0.29) is 23.0 Å². The molecule has 8 nitrogen and oxygen atoms in total. The lowest BCUT2D eigenvalue weighted by molar-refractivity contribution is -0.119. The number of halogens is 2. The molecule has 0 aliphatic rings. The highest BCUT2D eigenvalue weighted by atomic mass is 79.9. The molecule has 10 heteroatoms. The predicted molar refractivity (Wildman–Crippen MR) is 138 cm³/mol. The van der Waals surface area contributed by atoms with Crippen LogP contribution in [0.2, 0.25) is 5.02 Å². The number of nitrogens with two attached hydrogens (primary N) is 1. The topological polar surface area (TPSA) is 113 Å². The molecule has 174 valence electrons. The van der Waals surface area contributed by atoms with Crippen LogP contribution in [0.25, 0.3) is 33.5 Å². The lowest BCUT2D eigenvalue weighted by Gasteiger charge is -2.08. The van der Waals surface area contributed by atoms with Gasteiger partial charge in [-0.15, -0.1) is 0 Å². The summed E-state index contributed by atoms with van der Waals surface area (Å²) in [5, 5.41) is 5.94. The molecule has 0 atom stereocenters. The first-order valence-electron chi connectivity index (χ1n) is 10.4. The number of para-hydroxylation sites is 1. The van der Waals surface area contributed by atoms with Gasteiger partial charge in [0.1, 0.15) is 11.3 Å². The minimum Gasteiger partial charge on any atom is -0.482 e. The van der Waals surface area contributed by atoms with Crippen molar-refractivity contribution < 1.29 is 13.9 Å². The third-order valence-electron chi connectivity index (χ3n) is 5.10. The molecule has 0 aliphatic carbocycles. The fourth-order valence-electron chi connectivity index (χ4n) is 3.50.